The maximum atomic E-state index is 10.0. The van der Waals surface area contributed by atoms with Crippen molar-refractivity contribution in [3.8, 4) is 44.6 Å². The molecule has 0 amide bonds. The van der Waals surface area contributed by atoms with E-state index in [1.807, 2.05) is 18.3 Å². The molecule has 8 rings (SSSR count). The standard InChI is InChI=1S/C38H26N.C5H8O2.Ir/c1-3-9-26(10-4-1)28-16-18-33-34-19-17-29(27-11-5-2-6-12-27)23-36(34)38(35(33)22-28)24-31-15-14-30(21-32(31)25-38)37-13-7-8-20-39-37;1-4(6)3-5(2)7;/h1-13,15-23H,24-25H2;3,6H,1-2H3;/q-1;;/b;4-3-;. The van der Waals surface area contributed by atoms with Gasteiger partial charge >= 0.3 is 0 Å². The molecule has 0 aliphatic heterocycles. The number of benzene rings is 5. The number of rotatable bonds is 4. The van der Waals surface area contributed by atoms with Gasteiger partial charge in [-0.3, -0.25) is 4.79 Å². The van der Waals surface area contributed by atoms with Crippen LogP contribution in [0.5, 0.6) is 0 Å². The molecule has 1 aromatic heterocycles. The van der Waals surface area contributed by atoms with Crippen LogP contribution in [0.15, 0.2) is 145 Å². The Morgan fingerprint density at radius 1 is 0.702 bits per heavy atom. The van der Waals surface area contributed by atoms with Crippen molar-refractivity contribution >= 4 is 5.78 Å². The van der Waals surface area contributed by atoms with Crippen molar-refractivity contribution in [3.05, 3.63) is 174 Å². The van der Waals surface area contributed by atoms with Crippen LogP contribution >= 0.6 is 0 Å². The molecule has 0 atom stereocenters. The minimum Gasteiger partial charge on any atom is -0.512 e. The average molecular weight is 789 g/mol. The first-order valence-corrected chi connectivity index (χ1v) is 15.6. The van der Waals surface area contributed by atoms with Crippen LogP contribution in [0, 0.1) is 6.07 Å². The molecule has 0 unspecified atom stereocenters. The van der Waals surface area contributed by atoms with Crippen LogP contribution in [-0.2, 0) is 43.2 Å². The second-order valence-corrected chi connectivity index (χ2v) is 12.2. The fraction of sp³-hybridized carbons (Fsp3) is 0.116. The third-order valence-electron chi connectivity index (χ3n) is 9.05. The van der Waals surface area contributed by atoms with Gasteiger partial charge in [0.15, 0.2) is 5.78 Å². The molecule has 2 aliphatic rings. The molecule has 1 radical (unpaired) electrons. The number of carbonyl (C=O) groups excluding carboxylic acids is 1. The van der Waals surface area contributed by atoms with Crippen molar-refractivity contribution in [1.29, 1.82) is 0 Å². The van der Waals surface area contributed by atoms with Crippen LogP contribution < -0.4 is 0 Å². The van der Waals surface area contributed by atoms with Gasteiger partial charge in [-0.15, -0.1) is 34.9 Å². The smallest absolute Gasteiger partial charge is 0.155 e. The normalized spacial score (nSPS) is 13.4. The summed E-state index contributed by atoms with van der Waals surface area (Å²) in [5.74, 6) is -0.0625. The number of aliphatic hydroxyl groups excluding tert-OH is 1. The van der Waals surface area contributed by atoms with E-state index < -0.39 is 0 Å². The monoisotopic (exact) mass is 789 g/mol. The van der Waals surface area contributed by atoms with Gasteiger partial charge in [-0.1, -0.05) is 97.1 Å². The van der Waals surface area contributed by atoms with Crippen molar-refractivity contribution in [1.82, 2.24) is 4.98 Å². The van der Waals surface area contributed by atoms with Crippen molar-refractivity contribution in [2.75, 3.05) is 0 Å². The Kier molecular flexibility index (Phi) is 9.18. The van der Waals surface area contributed by atoms with E-state index in [-0.39, 0.29) is 37.1 Å². The van der Waals surface area contributed by atoms with Gasteiger partial charge < -0.3 is 10.1 Å². The Labute approximate surface area is 290 Å². The van der Waals surface area contributed by atoms with Gasteiger partial charge in [0.2, 0.25) is 0 Å². The first-order valence-electron chi connectivity index (χ1n) is 15.6. The molecular weight excluding hydrogens is 755 g/mol. The summed E-state index contributed by atoms with van der Waals surface area (Å²) in [6, 6.07) is 49.9. The number of allylic oxidation sites excluding steroid dienone is 2. The zero-order chi connectivity index (χ0) is 31.7. The first-order chi connectivity index (χ1) is 22.4. The quantitative estimate of drug-likeness (QED) is 0.110. The van der Waals surface area contributed by atoms with Crippen molar-refractivity contribution in [3.63, 3.8) is 0 Å². The van der Waals surface area contributed by atoms with Crippen LogP contribution in [0.4, 0.5) is 0 Å². The number of hydrogen-bond acceptors (Lipinski definition) is 3. The fourth-order valence-electron chi connectivity index (χ4n) is 7.07. The van der Waals surface area contributed by atoms with E-state index in [9.17, 15) is 4.79 Å². The number of hydrogen-bond donors (Lipinski definition) is 1. The summed E-state index contributed by atoms with van der Waals surface area (Å²) in [5.41, 5.74) is 15.5. The molecule has 6 aromatic rings. The number of pyridine rings is 1. The second kappa shape index (κ2) is 13.5. The van der Waals surface area contributed by atoms with E-state index in [0.29, 0.717) is 0 Å². The predicted molar refractivity (Wildman–Crippen MR) is 187 cm³/mol. The average Bonchev–Trinajstić information content (AvgIpc) is 3.60. The SMILES string of the molecule is CC(=O)/C=C(/C)O.[Ir].[c-]1cc2c(cc1-c1ccccn1)CC1(C2)c2cc(-c3ccccc3)ccc2-c2ccc(-c3ccccc3)cc21. The van der Waals surface area contributed by atoms with Crippen LogP contribution in [0.25, 0.3) is 44.6 Å². The van der Waals surface area contributed by atoms with Gasteiger partial charge in [-0.2, -0.15) is 0 Å². The predicted octanol–water partition coefficient (Wildman–Crippen LogP) is 9.98. The van der Waals surface area contributed by atoms with Crippen LogP contribution in [0.3, 0.4) is 0 Å². The molecule has 0 fully saturated rings. The Bertz CT molecular complexity index is 1990. The zero-order valence-corrected chi connectivity index (χ0v) is 28.7. The van der Waals surface area contributed by atoms with Gasteiger partial charge in [0, 0.05) is 37.8 Å². The summed E-state index contributed by atoms with van der Waals surface area (Å²) in [5, 5.41) is 8.36. The van der Waals surface area contributed by atoms with Crippen molar-refractivity contribution in [2.24, 2.45) is 0 Å². The molecular formula is C43H34IrNO2-. The molecule has 47 heavy (non-hydrogen) atoms. The van der Waals surface area contributed by atoms with Crippen molar-refractivity contribution in [2.45, 2.75) is 32.1 Å². The van der Waals surface area contributed by atoms with E-state index in [4.69, 9.17) is 5.11 Å². The molecule has 0 saturated carbocycles. The Hall–Kier alpha value is -4.89. The second-order valence-electron chi connectivity index (χ2n) is 12.2. The van der Waals surface area contributed by atoms with Gasteiger partial charge in [0.1, 0.15) is 0 Å². The molecule has 0 saturated heterocycles. The number of nitrogens with zero attached hydrogens (tertiary/aromatic N) is 1. The Balaban J connectivity index is 0.000000438. The molecule has 0 bridgehead atoms. The molecule has 2 aliphatic carbocycles. The summed E-state index contributed by atoms with van der Waals surface area (Å²) >= 11 is 0. The molecule has 5 aromatic carbocycles. The van der Waals surface area contributed by atoms with Gasteiger partial charge in [0.05, 0.1) is 5.76 Å². The topological polar surface area (TPSA) is 50.2 Å². The minimum atomic E-state index is -0.125. The number of fused-ring (bicyclic) bond motifs is 6. The molecule has 3 nitrogen and oxygen atoms in total. The summed E-state index contributed by atoms with van der Waals surface area (Å²) in [6.45, 7) is 2.85. The van der Waals surface area contributed by atoms with Crippen molar-refractivity contribution < 1.29 is 30.0 Å². The molecule has 1 spiro atoms. The summed E-state index contributed by atoms with van der Waals surface area (Å²) < 4.78 is 0. The maximum absolute atomic E-state index is 10.0. The van der Waals surface area contributed by atoms with E-state index in [1.54, 1.807) is 0 Å². The van der Waals surface area contributed by atoms with Gasteiger partial charge in [-0.05, 0) is 95.1 Å². The number of carbonyl (C=O) groups is 1. The van der Waals surface area contributed by atoms with E-state index in [0.717, 1.165) is 24.1 Å². The van der Waals surface area contributed by atoms with E-state index in [2.05, 4.69) is 126 Å². The minimum absolute atomic E-state index is 0. The summed E-state index contributed by atoms with van der Waals surface area (Å²) in [7, 11) is 0. The number of ketones is 1. The largest absolute Gasteiger partial charge is 0.512 e. The molecule has 1 heterocycles. The van der Waals surface area contributed by atoms with Crippen LogP contribution in [0.1, 0.15) is 36.1 Å². The molecule has 4 heteroatoms. The van der Waals surface area contributed by atoms with E-state index in [1.165, 1.54) is 75.6 Å². The van der Waals surface area contributed by atoms with Crippen LogP contribution in [-0.4, -0.2) is 15.9 Å². The molecule has 1 N–H and O–H groups in total. The maximum Gasteiger partial charge on any atom is 0.155 e. The summed E-state index contributed by atoms with van der Waals surface area (Å²) in [6.07, 6.45) is 4.99. The van der Waals surface area contributed by atoms with Gasteiger partial charge in [-0.25, -0.2) is 0 Å². The van der Waals surface area contributed by atoms with Gasteiger partial charge in [0.25, 0.3) is 0 Å². The molecule has 233 valence electrons. The third-order valence-corrected chi connectivity index (χ3v) is 9.05. The Morgan fingerprint density at radius 3 is 1.74 bits per heavy atom. The zero-order valence-electron chi connectivity index (χ0n) is 26.3. The number of aliphatic hydroxyl groups is 1. The Morgan fingerprint density at radius 2 is 1.26 bits per heavy atom. The van der Waals surface area contributed by atoms with E-state index >= 15 is 0 Å². The first kappa shape index (κ1) is 32.1. The summed E-state index contributed by atoms with van der Waals surface area (Å²) in [4.78, 5) is 14.6. The third kappa shape index (κ3) is 6.27. The fourth-order valence-corrected chi connectivity index (χ4v) is 7.07. The number of aromatic nitrogens is 1. The van der Waals surface area contributed by atoms with Crippen LogP contribution in [0.2, 0.25) is 0 Å².